The van der Waals surface area contributed by atoms with E-state index >= 15 is 0 Å². The second kappa shape index (κ2) is 11.6. The zero-order valence-corrected chi connectivity index (χ0v) is 21.9. The summed E-state index contributed by atoms with van der Waals surface area (Å²) in [7, 11) is 0. The van der Waals surface area contributed by atoms with Gasteiger partial charge in [-0.1, -0.05) is 0 Å². The van der Waals surface area contributed by atoms with Gasteiger partial charge < -0.3 is 69.3 Å². The van der Waals surface area contributed by atoms with Crippen molar-refractivity contribution in [2.24, 2.45) is 0 Å². The lowest BCUT2D eigenvalue weighted by Gasteiger charge is -2.42. The van der Waals surface area contributed by atoms with E-state index in [2.05, 4.69) is 0 Å². The Kier molecular flexibility index (Phi) is 8.30. The standard InChI is InChI=1S/C27H30O15/c1-9-20(32)22(34)24(36)26(39-9)38-8-18-21(33)23(35)25(37)27(42-18)40-11-5-14(30)19-15(31)7-16(41-17(19)6-11)10-2-3-12(28)13(29)4-10/h2-7,9,18,20-30,32-37H,8H2,1H3/t9-,18+,20-,21+,22+,23-,24+,25+,26?,27+/m0/s1. The van der Waals surface area contributed by atoms with Crippen molar-refractivity contribution in [2.45, 2.75) is 68.3 Å². The summed E-state index contributed by atoms with van der Waals surface area (Å²) < 4.78 is 27.8. The van der Waals surface area contributed by atoms with Crippen LogP contribution >= 0.6 is 0 Å². The summed E-state index contributed by atoms with van der Waals surface area (Å²) in [4.78, 5) is 12.7. The maximum atomic E-state index is 12.7. The maximum absolute atomic E-state index is 12.7. The van der Waals surface area contributed by atoms with E-state index in [0.717, 1.165) is 12.1 Å². The largest absolute Gasteiger partial charge is 0.507 e. The molecule has 2 aliphatic heterocycles. The van der Waals surface area contributed by atoms with Crippen LogP contribution < -0.4 is 10.2 Å². The summed E-state index contributed by atoms with van der Waals surface area (Å²) in [6.07, 6.45) is -15.1. The average Bonchev–Trinajstić information content (AvgIpc) is 2.95. The molecule has 5 rings (SSSR count). The van der Waals surface area contributed by atoms with E-state index < -0.39 is 84.9 Å². The van der Waals surface area contributed by atoms with Gasteiger partial charge in [0.2, 0.25) is 6.29 Å². The van der Waals surface area contributed by atoms with Gasteiger partial charge in [0, 0.05) is 23.8 Å². The Hall–Kier alpha value is -3.51. The van der Waals surface area contributed by atoms with Crippen molar-refractivity contribution in [2.75, 3.05) is 6.61 Å². The SMILES string of the molecule is C[C@@H]1OC(OC[C@H]2O[C@@H](Oc3cc(O)c4c(=O)cc(-c5ccc(O)c(O)c5)oc4c3)[C@H](O)[C@@H](O)[C@@H]2O)[C@H](O)[C@H](O)[C@H]1O. The summed E-state index contributed by atoms with van der Waals surface area (Å²) >= 11 is 0. The lowest BCUT2D eigenvalue weighted by atomic mass is 9.98. The predicted molar refractivity (Wildman–Crippen MR) is 139 cm³/mol. The topological polar surface area (TPSA) is 249 Å². The van der Waals surface area contributed by atoms with E-state index in [1.165, 1.54) is 31.2 Å². The Balaban J connectivity index is 1.36. The first kappa shape index (κ1) is 30.0. The Morgan fingerprint density at radius 3 is 2.14 bits per heavy atom. The highest BCUT2D eigenvalue weighted by Crippen LogP contribution is 2.35. The molecule has 2 fully saturated rings. The van der Waals surface area contributed by atoms with Crippen molar-refractivity contribution in [3.05, 3.63) is 46.6 Å². The minimum Gasteiger partial charge on any atom is -0.507 e. The van der Waals surface area contributed by atoms with Crippen molar-refractivity contribution in [1.82, 2.24) is 0 Å². The molecule has 15 nitrogen and oxygen atoms in total. The molecule has 228 valence electrons. The lowest BCUT2D eigenvalue weighted by molar-refractivity contribution is -0.318. The Labute approximate surface area is 236 Å². The third kappa shape index (κ3) is 5.61. The summed E-state index contributed by atoms with van der Waals surface area (Å²) in [5.74, 6) is -1.56. The predicted octanol–water partition coefficient (Wildman–Crippen LogP) is -1.39. The van der Waals surface area contributed by atoms with Crippen LogP contribution in [0.15, 0.2) is 45.6 Å². The fraction of sp³-hybridized carbons (Fsp3) is 0.444. The van der Waals surface area contributed by atoms with Crippen LogP contribution in [0.3, 0.4) is 0 Å². The number of aromatic hydroxyl groups is 3. The fourth-order valence-electron chi connectivity index (χ4n) is 4.76. The van der Waals surface area contributed by atoms with Crippen molar-refractivity contribution >= 4 is 11.0 Å². The Bertz CT molecular complexity index is 1490. The number of phenols is 3. The number of hydrogen-bond donors (Lipinski definition) is 9. The molecule has 0 radical (unpaired) electrons. The number of hydrogen-bond acceptors (Lipinski definition) is 15. The van der Waals surface area contributed by atoms with E-state index in [0.29, 0.717) is 0 Å². The fourth-order valence-corrected chi connectivity index (χ4v) is 4.76. The van der Waals surface area contributed by atoms with E-state index in [-0.39, 0.29) is 33.8 Å². The van der Waals surface area contributed by atoms with Crippen molar-refractivity contribution in [3.63, 3.8) is 0 Å². The Morgan fingerprint density at radius 1 is 0.738 bits per heavy atom. The molecule has 15 heteroatoms. The van der Waals surface area contributed by atoms with Crippen LogP contribution in [-0.4, -0.2) is 114 Å². The molecule has 1 unspecified atom stereocenters. The van der Waals surface area contributed by atoms with Crippen LogP contribution in [0.5, 0.6) is 23.0 Å². The van der Waals surface area contributed by atoms with Crippen molar-refractivity contribution in [3.8, 4) is 34.3 Å². The van der Waals surface area contributed by atoms with E-state index in [9.17, 15) is 50.8 Å². The van der Waals surface area contributed by atoms with Crippen LogP contribution in [0.25, 0.3) is 22.3 Å². The van der Waals surface area contributed by atoms with Crippen LogP contribution in [-0.2, 0) is 14.2 Å². The molecular weight excluding hydrogens is 564 g/mol. The second-order valence-corrected chi connectivity index (χ2v) is 10.1. The van der Waals surface area contributed by atoms with E-state index in [1.54, 1.807) is 0 Å². The molecule has 0 saturated carbocycles. The molecule has 9 N–H and O–H groups in total. The number of benzene rings is 2. The zero-order chi connectivity index (χ0) is 30.5. The van der Waals surface area contributed by atoms with Gasteiger partial charge in [0.05, 0.1) is 12.7 Å². The highest BCUT2D eigenvalue weighted by atomic mass is 16.7. The molecule has 0 bridgehead atoms. The van der Waals surface area contributed by atoms with Gasteiger partial charge in [-0.15, -0.1) is 0 Å². The molecule has 2 saturated heterocycles. The van der Waals surface area contributed by atoms with Gasteiger partial charge in [0.1, 0.15) is 71.0 Å². The molecule has 0 amide bonds. The quantitative estimate of drug-likeness (QED) is 0.149. The first-order valence-electron chi connectivity index (χ1n) is 12.9. The molecule has 1 aromatic heterocycles. The summed E-state index contributed by atoms with van der Waals surface area (Å²) in [6, 6.07) is 7.09. The third-order valence-corrected chi connectivity index (χ3v) is 7.20. The Morgan fingerprint density at radius 2 is 1.43 bits per heavy atom. The number of phenolic OH excluding ortho intramolecular Hbond substituents is 3. The van der Waals surface area contributed by atoms with E-state index in [4.69, 9.17) is 23.4 Å². The van der Waals surface area contributed by atoms with Crippen LogP contribution in [0.2, 0.25) is 0 Å². The average molecular weight is 595 g/mol. The van der Waals surface area contributed by atoms with Gasteiger partial charge in [-0.3, -0.25) is 4.79 Å². The van der Waals surface area contributed by atoms with Gasteiger partial charge in [0.25, 0.3) is 0 Å². The number of aliphatic hydroxyl groups excluding tert-OH is 6. The van der Waals surface area contributed by atoms with Crippen LogP contribution in [0, 0.1) is 0 Å². The first-order chi connectivity index (χ1) is 19.8. The molecule has 0 spiro atoms. The smallest absolute Gasteiger partial charge is 0.229 e. The number of fused-ring (bicyclic) bond motifs is 1. The van der Waals surface area contributed by atoms with Gasteiger partial charge >= 0.3 is 0 Å². The highest BCUT2D eigenvalue weighted by molar-refractivity contribution is 5.86. The molecule has 3 aromatic rings. The highest BCUT2D eigenvalue weighted by Gasteiger charge is 2.47. The van der Waals surface area contributed by atoms with Crippen LogP contribution in [0.4, 0.5) is 0 Å². The van der Waals surface area contributed by atoms with Crippen LogP contribution in [0.1, 0.15) is 6.92 Å². The van der Waals surface area contributed by atoms with Crippen molar-refractivity contribution < 1.29 is 69.3 Å². The monoisotopic (exact) mass is 594 g/mol. The molecule has 10 atom stereocenters. The van der Waals surface area contributed by atoms with E-state index in [1.807, 2.05) is 0 Å². The van der Waals surface area contributed by atoms with Crippen molar-refractivity contribution in [1.29, 1.82) is 0 Å². The number of rotatable bonds is 6. The minimum atomic E-state index is -1.79. The normalized spacial score (nSPS) is 33.5. The summed E-state index contributed by atoms with van der Waals surface area (Å²) in [5.41, 5.74) is -0.541. The first-order valence-corrected chi connectivity index (χ1v) is 12.9. The maximum Gasteiger partial charge on any atom is 0.229 e. The number of aliphatic hydroxyl groups is 6. The van der Waals surface area contributed by atoms with Gasteiger partial charge in [-0.25, -0.2) is 0 Å². The molecule has 3 heterocycles. The molecular formula is C27H30O15. The molecule has 2 aromatic carbocycles. The van der Waals surface area contributed by atoms with Gasteiger partial charge in [-0.2, -0.15) is 0 Å². The minimum absolute atomic E-state index is 0.0110. The zero-order valence-electron chi connectivity index (χ0n) is 21.9. The van der Waals surface area contributed by atoms with Gasteiger partial charge in [0.15, 0.2) is 23.2 Å². The van der Waals surface area contributed by atoms with Gasteiger partial charge in [-0.05, 0) is 25.1 Å². The summed E-state index contributed by atoms with van der Waals surface area (Å²) in [6.45, 7) is 0.938. The lowest BCUT2D eigenvalue weighted by Crippen LogP contribution is -2.61. The number of ether oxygens (including phenoxy) is 4. The third-order valence-electron chi connectivity index (χ3n) is 7.20. The molecule has 2 aliphatic rings. The molecule has 42 heavy (non-hydrogen) atoms. The summed E-state index contributed by atoms with van der Waals surface area (Å²) in [5, 5.41) is 91.0. The molecule has 0 aliphatic carbocycles. The second-order valence-electron chi connectivity index (χ2n) is 10.1.